The molecule has 0 aliphatic carbocycles. The van der Waals surface area contributed by atoms with Gasteiger partial charge >= 0.3 is 5.97 Å². The monoisotopic (exact) mass is 275 g/mol. The Balaban J connectivity index is 2.49. The number of phenolic OH excluding ortho intramolecular Hbond substituents is 1. The van der Waals surface area contributed by atoms with Crippen molar-refractivity contribution in [2.75, 3.05) is 5.32 Å². The number of aromatic hydroxyl groups is 1. The zero-order valence-electron chi connectivity index (χ0n) is 7.42. The predicted molar refractivity (Wildman–Crippen MR) is 54.5 cm³/mol. The molecule has 0 spiro atoms. The van der Waals surface area contributed by atoms with E-state index < -0.39 is 17.8 Å². The number of halogens is 2. The van der Waals surface area contributed by atoms with Crippen LogP contribution in [0.3, 0.4) is 0 Å². The smallest absolute Gasteiger partial charge is 0.326 e. The SMILES string of the molecule is O=C(O)C1Cc2c(O)c(Br)cc(F)c2N1. The van der Waals surface area contributed by atoms with E-state index in [1.165, 1.54) is 0 Å². The number of carbonyl (C=O) groups is 1. The zero-order valence-corrected chi connectivity index (χ0v) is 9.01. The minimum atomic E-state index is -1.07. The summed E-state index contributed by atoms with van der Waals surface area (Å²) in [5.74, 6) is -1.75. The largest absolute Gasteiger partial charge is 0.506 e. The summed E-state index contributed by atoms with van der Waals surface area (Å²) in [5, 5.41) is 20.9. The molecular weight excluding hydrogens is 269 g/mol. The van der Waals surface area contributed by atoms with E-state index >= 15 is 0 Å². The van der Waals surface area contributed by atoms with E-state index in [1.807, 2.05) is 0 Å². The number of aliphatic carboxylic acids is 1. The lowest BCUT2D eigenvalue weighted by atomic mass is 10.1. The van der Waals surface area contributed by atoms with Crippen molar-refractivity contribution in [1.82, 2.24) is 0 Å². The molecule has 80 valence electrons. The van der Waals surface area contributed by atoms with Crippen molar-refractivity contribution in [3.05, 3.63) is 21.9 Å². The Morgan fingerprint density at radius 2 is 2.33 bits per heavy atom. The van der Waals surface area contributed by atoms with Gasteiger partial charge in [-0.2, -0.15) is 0 Å². The van der Waals surface area contributed by atoms with Crippen molar-refractivity contribution >= 4 is 27.6 Å². The fourth-order valence-electron chi connectivity index (χ4n) is 1.59. The molecule has 1 aromatic carbocycles. The Morgan fingerprint density at radius 1 is 1.67 bits per heavy atom. The van der Waals surface area contributed by atoms with Crippen molar-refractivity contribution in [2.45, 2.75) is 12.5 Å². The van der Waals surface area contributed by atoms with Crippen molar-refractivity contribution in [3.63, 3.8) is 0 Å². The first kappa shape index (κ1) is 10.2. The molecule has 1 aliphatic heterocycles. The van der Waals surface area contributed by atoms with E-state index in [-0.39, 0.29) is 22.3 Å². The Bertz CT molecular complexity index is 449. The van der Waals surface area contributed by atoms with E-state index in [1.54, 1.807) is 0 Å². The van der Waals surface area contributed by atoms with Crippen LogP contribution in [-0.4, -0.2) is 22.2 Å². The average Bonchev–Trinajstić information content (AvgIpc) is 2.59. The summed E-state index contributed by atoms with van der Waals surface area (Å²) in [4.78, 5) is 10.7. The summed E-state index contributed by atoms with van der Waals surface area (Å²) in [6.45, 7) is 0. The lowest BCUT2D eigenvalue weighted by Gasteiger charge is -2.05. The molecule has 6 heteroatoms. The van der Waals surface area contributed by atoms with E-state index in [0.29, 0.717) is 5.56 Å². The van der Waals surface area contributed by atoms with Crippen molar-refractivity contribution in [3.8, 4) is 5.75 Å². The second-order valence-electron chi connectivity index (χ2n) is 3.28. The molecule has 0 saturated heterocycles. The highest BCUT2D eigenvalue weighted by Gasteiger charge is 2.31. The number of anilines is 1. The molecule has 0 saturated carbocycles. The number of hydrogen-bond acceptors (Lipinski definition) is 3. The first-order valence-corrected chi connectivity index (χ1v) is 4.99. The Labute approximate surface area is 92.9 Å². The molecule has 1 aromatic rings. The number of carboxylic acids is 1. The maximum absolute atomic E-state index is 13.4. The number of rotatable bonds is 1. The molecule has 1 atom stereocenters. The van der Waals surface area contributed by atoms with Crippen LogP contribution in [0.5, 0.6) is 5.75 Å². The van der Waals surface area contributed by atoms with Crippen LogP contribution < -0.4 is 5.32 Å². The number of benzene rings is 1. The van der Waals surface area contributed by atoms with Gasteiger partial charge in [-0.05, 0) is 22.0 Å². The van der Waals surface area contributed by atoms with Gasteiger partial charge in [0, 0.05) is 12.0 Å². The maximum atomic E-state index is 13.4. The van der Waals surface area contributed by atoms with Gasteiger partial charge in [-0.25, -0.2) is 9.18 Å². The molecule has 1 aliphatic rings. The molecule has 4 nitrogen and oxygen atoms in total. The van der Waals surface area contributed by atoms with E-state index in [2.05, 4.69) is 21.2 Å². The quantitative estimate of drug-likeness (QED) is 0.730. The third-order valence-electron chi connectivity index (χ3n) is 2.33. The van der Waals surface area contributed by atoms with Crippen LogP contribution in [0.2, 0.25) is 0 Å². The summed E-state index contributed by atoms with van der Waals surface area (Å²) >= 11 is 2.99. The van der Waals surface area contributed by atoms with Gasteiger partial charge in [0.05, 0.1) is 10.2 Å². The maximum Gasteiger partial charge on any atom is 0.326 e. The van der Waals surface area contributed by atoms with Crippen molar-refractivity contribution < 1.29 is 19.4 Å². The summed E-state index contributed by atoms with van der Waals surface area (Å²) in [6.07, 6.45) is 0.0762. The molecule has 1 heterocycles. The number of carboxylic acid groups (broad SMARTS) is 1. The fraction of sp³-hybridized carbons (Fsp3) is 0.222. The van der Waals surface area contributed by atoms with Gasteiger partial charge in [0.1, 0.15) is 17.6 Å². The van der Waals surface area contributed by atoms with Gasteiger partial charge in [0.2, 0.25) is 0 Å². The summed E-state index contributed by atoms with van der Waals surface area (Å²) < 4.78 is 13.6. The van der Waals surface area contributed by atoms with Gasteiger partial charge in [-0.3, -0.25) is 0 Å². The van der Waals surface area contributed by atoms with Crippen LogP contribution in [0.4, 0.5) is 10.1 Å². The molecule has 0 amide bonds. The lowest BCUT2D eigenvalue weighted by molar-refractivity contribution is -0.137. The molecule has 0 bridgehead atoms. The zero-order chi connectivity index (χ0) is 11.2. The highest BCUT2D eigenvalue weighted by atomic mass is 79.9. The third kappa shape index (κ3) is 1.54. The highest BCUT2D eigenvalue weighted by Crippen LogP contribution is 2.40. The standard InChI is InChI=1S/C9H7BrFNO3/c10-4-2-5(11)7-3(8(4)13)1-6(12-7)9(14)15/h2,6,12-13H,1H2,(H,14,15). The van der Waals surface area contributed by atoms with Crippen LogP contribution in [0.1, 0.15) is 5.56 Å². The van der Waals surface area contributed by atoms with Crippen LogP contribution in [-0.2, 0) is 11.2 Å². The van der Waals surface area contributed by atoms with Gasteiger partial charge in [0.15, 0.2) is 0 Å². The fourth-order valence-corrected chi connectivity index (χ4v) is 2.03. The molecule has 1 unspecified atom stereocenters. The van der Waals surface area contributed by atoms with Gasteiger partial charge in [0.25, 0.3) is 0 Å². The predicted octanol–water partition coefficient (Wildman–Crippen LogP) is 1.71. The molecule has 2 rings (SSSR count). The molecule has 3 N–H and O–H groups in total. The Kier molecular flexibility index (Phi) is 2.30. The second kappa shape index (κ2) is 3.37. The minimum absolute atomic E-state index is 0.0723. The van der Waals surface area contributed by atoms with Crippen LogP contribution >= 0.6 is 15.9 Å². The summed E-state index contributed by atoms with van der Waals surface area (Å²) in [5.41, 5.74) is 0.373. The second-order valence-corrected chi connectivity index (χ2v) is 4.14. The number of nitrogens with one attached hydrogen (secondary N) is 1. The van der Waals surface area contributed by atoms with E-state index in [9.17, 15) is 14.3 Å². The highest BCUT2D eigenvalue weighted by molar-refractivity contribution is 9.10. The lowest BCUT2D eigenvalue weighted by Crippen LogP contribution is -2.26. The number of hydrogen-bond donors (Lipinski definition) is 3. The van der Waals surface area contributed by atoms with Gasteiger partial charge in [-0.15, -0.1) is 0 Å². The van der Waals surface area contributed by atoms with Crippen LogP contribution in [0.25, 0.3) is 0 Å². The first-order valence-electron chi connectivity index (χ1n) is 4.20. The van der Waals surface area contributed by atoms with Crippen molar-refractivity contribution in [2.24, 2.45) is 0 Å². The van der Waals surface area contributed by atoms with Crippen LogP contribution in [0, 0.1) is 5.82 Å². The normalized spacial score (nSPS) is 18.4. The Morgan fingerprint density at radius 3 is 2.93 bits per heavy atom. The molecule has 0 aromatic heterocycles. The van der Waals surface area contributed by atoms with Gasteiger partial charge < -0.3 is 15.5 Å². The van der Waals surface area contributed by atoms with Crippen molar-refractivity contribution in [1.29, 1.82) is 0 Å². The molecule has 0 fully saturated rings. The minimum Gasteiger partial charge on any atom is -0.506 e. The summed E-state index contributed by atoms with van der Waals surface area (Å²) in [6, 6.07) is 0.223. The Hall–Kier alpha value is -1.30. The average molecular weight is 276 g/mol. The molecule has 0 radical (unpaired) electrons. The molecule has 15 heavy (non-hydrogen) atoms. The van der Waals surface area contributed by atoms with E-state index in [4.69, 9.17) is 5.11 Å². The number of fused-ring (bicyclic) bond motifs is 1. The van der Waals surface area contributed by atoms with Crippen LogP contribution in [0.15, 0.2) is 10.5 Å². The number of phenols is 1. The van der Waals surface area contributed by atoms with Gasteiger partial charge in [-0.1, -0.05) is 0 Å². The third-order valence-corrected chi connectivity index (χ3v) is 2.94. The first-order chi connectivity index (χ1) is 7.00. The summed E-state index contributed by atoms with van der Waals surface area (Å²) in [7, 11) is 0. The topological polar surface area (TPSA) is 69.6 Å². The van der Waals surface area contributed by atoms with E-state index in [0.717, 1.165) is 6.07 Å². The molecular formula is C9H7BrFNO3.